The third kappa shape index (κ3) is 4.49. The Morgan fingerprint density at radius 3 is 2.29 bits per heavy atom. The quantitative estimate of drug-likeness (QED) is 0.820. The van der Waals surface area contributed by atoms with E-state index in [9.17, 15) is 4.79 Å². The third-order valence-corrected chi connectivity index (χ3v) is 3.81. The first kappa shape index (κ1) is 17.8. The number of aryl methyl sites for hydroxylation is 2. The number of amides is 1. The number of carbonyl (C=O) groups is 1. The molecular weight excluding hydrogens is 304 g/mol. The maximum atomic E-state index is 12.1. The van der Waals surface area contributed by atoms with E-state index >= 15 is 0 Å². The summed E-state index contributed by atoms with van der Waals surface area (Å²) in [4.78, 5) is 12.1. The van der Waals surface area contributed by atoms with Crippen molar-refractivity contribution >= 4 is 11.6 Å². The molecule has 0 heterocycles. The fourth-order valence-electron chi connectivity index (χ4n) is 2.51. The molecule has 0 unspecified atom stereocenters. The summed E-state index contributed by atoms with van der Waals surface area (Å²) in [6, 6.07) is 11.6. The molecule has 0 atom stereocenters. The molecule has 128 valence electrons. The Morgan fingerprint density at radius 2 is 1.67 bits per heavy atom. The molecular formula is C19H24N2O3. The van der Waals surface area contributed by atoms with Crippen molar-refractivity contribution in [1.82, 2.24) is 5.32 Å². The molecule has 5 heteroatoms. The molecule has 0 spiro atoms. The molecule has 0 bridgehead atoms. The average molecular weight is 328 g/mol. The minimum atomic E-state index is -0.0622. The van der Waals surface area contributed by atoms with Crippen LogP contribution < -0.4 is 20.1 Å². The summed E-state index contributed by atoms with van der Waals surface area (Å²) in [6.45, 7) is 4.78. The minimum Gasteiger partial charge on any atom is -0.493 e. The number of ether oxygens (including phenoxy) is 2. The van der Waals surface area contributed by atoms with Crippen LogP contribution in [0.15, 0.2) is 36.4 Å². The van der Waals surface area contributed by atoms with E-state index in [2.05, 4.69) is 10.6 Å². The van der Waals surface area contributed by atoms with Gasteiger partial charge >= 0.3 is 0 Å². The molecule has 0 fully saturated rings. The van der Waals surface area contributed by atoms with E-state index < -0.39 is 0 Å². The standard InChI is InChI=1S/C19H24N2O3/c1-13-6-5-7-14(2)19(13)21-18(22)12-20-11-15-8-9-16(23-3)17(10-15)24-4/h5-10,20H,11-12H2,1-4H3,(H,21,22). The van der Waals surface area contributed by atoms with Gasteiger partial charge in [0, 0.05) is 12.2 Å². The summed E-state index contributed by atoms with van der Waals surface area (Å²) in [5.41, 5.74) is 4.02. The van der Waals surface area contributed by atoms with E-state index in [1.165, 1.54) is 0 Å². The fourth-order valence-corrected chi connectivity index (χ4v) is 2.51. The maximum absolute atomic E-state index is 12.1. The van der Waals surface area contributed by atoms with Gasteiger partial charge in [-0.3, -0.25) is 4.79 Å². The number of rotatable bonds is 7. The second-order valence-electron chi connectivity index (χ2n) is 5.61. The van der Waals surface area contributed by atoms with Crippen molar-refractivity contribution in [3.8, 4) is 11.5 Å². The Bertz CT molecular complexity index is 694. The van der Waals surface area contributed by atoms with Crippen molar-refractivity contribution in [2.75, 3.05) is 26.1 Å². The van der Waals surface area contributed by atoms with Gasteiger partial charge < -0.3 is 20.1 Å². The molecule has 2 N–H and O–H groups in total. The van der Waals surface area contributed by atoms with Crippen molar-refractivity contribution in [2.24, 2.45) is 0 Å². The Balaban J connectivity index is 1.89. The third-order valence-electron chi connectivity index (χ3n) is 3.81. The molecule has 2 aromatic rings. The average Bonchev–Trinajstić information content (AvgIpc) is 2.58. The lowest BCUT2D eigenvalue weighted by Crippen LogP contribution is -2.28. The van der Waals surface area contributed by atoms with Crippen molar-refractivity contribution in [3.05, 3.63) is 53.1 Å². The predicted octanol–water partition coefficient (Wildman–Crippen LogP) is 3.05. The van der Waals surface area contributed by atoms with Gasteiger partial charge in [-0.15, -0.1) is 0 Å². The van der Waals surface area contributed by atoms with Gasteiger partial charge in [0.2, 0.25) is 5.91 Å². The minimum absolute atomic E-state index is 0.0622. The van der Waals surface area contributed by atoms with Crippen LogP contribution in [0.2, 0.25) is 0 Å². The van der Waals surface area contributed by atoms with Crippen LogP contribution in [0.3, 0.4) is 0 Å². The van der Waals surface area contributed by atoms with Crippen LogP contribution in [0.5, 0.6) is 11.5 Å². The van der Waals surface area contributed by atoms with Crippen molar-refractivity contribution < 1.29 is 14.3 Å². The monoisotopic (exact) mass is 328 g/mol. The zero-order valence-corrected chi connectivity index (χ0v) is 14.6. The van der Waals surface area contributed by atoms with E-state index in [0.29, 0.717) is 18.0 Å². The predicted molar refractivity (Wildman–Crippen MR) is 95.8 cm³/mol. The van der Waals surface area contributed by atoms with Gasteiger partial charge in [-0.25, -0.2) is 0 Å². The molecule has 0 aliphatic rings. The fraction of sp³-hybridized carbons (Fsp3) is 0.316. The topological polar surface area (TPSA) is 59.6 Å². The number of benzene rings is 2. The first-order valence-corrected chi connectivity index (χ1v) is 7.83. The van der Waals surface area contributed by atoms with Gasteiger partial charge in [-0.2, -0.15) is 0 Å². The number of para-hydroxylation sites is 1. The summed E-state index contributed by atoms with van der Waals surface area (Å²) >= 11 is 0. The maximum Gasteiger partial charge on any atom is 0.238 e. The number of anilines is 1. The summed E-state index contributed by atoms with van der Waals surface area (Å²) in [7, 11) is 3.21. The lowest BCUT2D eigenvalue weighted by Gasteiger charge is -2.12. The Labute approximate surface area is 143 Å². The normalized spacial score (nSPS) is 10.3. The van der Waals surface area contributed by atoms with Gasteiger partial charge in [0.05, 0.1) is 20.8 Å². The Hall–Kier alpha value is -2.53. The molecule has 24 heavy (non-hydrogen) atoms. The molecule has 1 amide bonds. The molecule has 0 aromatic heterocycles. The molecule has 0 aliphatic heterocycles. The van der Waals surface area contributed by atoms with Crippen LogP contribution in [0, 0.1) is 13.8 Å². The molecule has 0 aliphatic carbocycles. The highest BCUT2D eigenvalue weighted by Crippen LogP contribution is 2.27. The molecule has 0 radical (unpaired) electrons. The van der Waals surface area contributed by atoms with Gasteiger partial charge in [0.25, 0.3) is 0 Å². The smallest absolute Gasteiger partial charge is 0.238 e. The van der Waals surface area contributed by atoms with Crippen LogP contribution in [-0.2, 0) is 11.3 Å². The molecule has 2 rings (SSSR count). The summed E-state index contributed by atoms with van der Waals surface area (Å²) in [6.07, 6.45) is 0. The van der Waals surface area contributed by atoms with Crippen LogP contribution in [0.25, 0.3) is 0 Å². The van der Waals surface area contributed by atoms with Gasteiger partial charge in [-0.1, -0.05) is 24.3 Å². The van der Waals surface area contributed by atoms with Crippen LogP contribution in [0.1, 0.15) is 16.7 Å². The van der Waals surface area contributed by atoms with Crippen LogP contribution >= 0.6 is 0 Å². The second-order valence-corrected chi connectivity index (χ2v) is 5.61. The van der Waals surface area contributed by atoms with Gasteiger partial charge in [-0.05, 0) is 42.7 Å². The zero-order valence-electron chi connectivity index (χ0n) is 14.6. The highest BCUT2D eigenvalue weighted by atomic mass is 16.5. The highest BCUT2D eigenvalue weighted by Gasteiger charge is 2.08. The molecule has 2 aromatic carbocycles. The lowest BCUT2D eigenvalue weighted by molar-refractivity contribution is -0.115. The number of carbonyl (C=O) groups excluding carboxylic acids is 1. The highest BCUT2D eigenvalue weighted by molar-refractivity contribution is 5.93. The van der Waals surface area contributed by atoms with E-state index in [1.54, 1.807) is 14.2 Å². The number of hydrogen-bond acceptors (Lipinski definition) is 4. The first-order valence-electron chi connectivity index (χ1n) is 7.83. The second kappa shape index (κ2) is 8.36. The van der Waals surface area contributed by atoms with E-state index in [4.69, 9.17) is 9.47 Å². The summed E-state index contributed by atoms with van der Waals surface area (Å²) < 4.78 is 10.5. The number of nitrogens with one attached hydrogen (secondary N) is 2. The SMILES string of the molecule is COc1ccc(CNCC(=O)Nc2c(C)cccc2C)cc1OC. The first-order chi connectivity index (χ1) is 11.5. The van der Waals surface area contributed by atoms with Gasteiger partial charge in [0.1, 0.15) is 0 Å². The Morgan fingerprint density at radius 1 is 1.00 bits per heavy atom. The van der Waals surface area contributed by atoms with Gasteiger partial charge in [0.15, 0.2) is 11.5 Å². The molecule has 0 saturated carbocycles. The van der Waals surface area contributed by atoms with E-state index in [-0.39, 0.29) is 12.5 Å². The largest absolute Gasteiger partial charge is 0.493 e. The summed E-state index contributed by atoms with van der Waals surface area (Å²) in [5.74, 6) is 1.30. The molecule has 0 saturated heterocycles. The number of methoxy groups -OCH3 is 2. The van der Waals surface area contributed by atoms with E-state index in [0.717, 1.165) is 22.4 Å². The van der Waals surface area contributed by atoms with Crippen molar-refractivity contribution in [1.29, 1.82) is 0 Å². The van der Waals surface area contributed by atoms with Crippen molar-refractivity contribution in [2.45, 2.75) is 20.4 Å². The molecule has 5 nitrogen and oxygen atoms in total. The summed E-state index contributed by atoms with van der Waals surface area (Å²) in [5, 5.41) is 6.10. The van der Waals surface area contributed by atoms with E-state index in [1.807, 2.05) is 50.2 Å². The van der Waals surface area contributed by atoms with Crippen LogP contribution in [-0.4, -0.2) is 26.7 Å². The zero-order chi connectivity index (χ0) is 17.5. The Kier molecular flexibility index (Phi) is 6.21. The lowest BCUT2D eigenvalue weighted by atomic mass is 10.1. The number of hydrogen-bond donors (Lipinski definition) is 2. The van der Waals surface area contributed by atoms with Crippen molar-refractivity contribution in [3.63, 3.8) is 0 Å². The van der Waals surface area contributed by atoms with Crippen LogP contribution in [0.4, 0.5) is 5.69 Å².